The average molecular weight is 286 g/mol. The molecule has 1 atom stereocenters. The van der Waals surface area contributed by atoms with Crippen molar-refractivity contribution in [1.29, 1.82) is 0 Å². The molecule has 1 unspecified atom stereocenters. The smallest absolute Gasteiger partial charge is 0.345 e. The number of rotatable bonds is 4. The van der Waals surface area contributed by atoms with Gasteiger partial charge >= 0.3 is 11.9 Å². The molecule has 0 amide bonds. The van der Waals surface area contributed by atoms with Gasteiger partial charge in [0.25, 0.3) is 0 Å². The predicted molar refractivity (Wildman–Crippen MR) is 72.2 cm³/mol. The first-order valence-electron chi connectivity index (χ1n) is 5.76. The fourth-order valence-electron chi connectivity index (χ4n) is 1.80. The summed E-state index contributed by atoms with van der Waals surface area (Å²) in [5.74, 6) is 0.0291. The topological polar surface area (TPSA) is 52.6 Å². The van der Waals surface area contributed by atoms with Crippen molar-refractivity contribution in [3.63, 3.8) is 0 Å². The summed E-state index contributed by atoms with van der Waals surface area (Å²) in [7, 11) is 0. The molecule has 0 spiro atoms. The molecule has 2 aliphatic heterocycles. The van der Waals surface area contributed by atoms with Crippen LogP contribution in [0.15, 0.2) is 21.5 Å². The molecular weight excluding hydrogens is 272 g/mol. The van der Waals surface area contributed by atoms with Gasteiger partial charge in [-0.25, -0.2) is 9.59 Å². The summed E-state index contributed by atoms with van der Waals surface area (Å²) in [6.07, 6.45) is 0. The number of thioether (sulfide) groups is 2. The third-order valence-corrected chi connectivity index (χ3v) is 4.99. The van der Waals surface area contributed by atoms with Gasteiger partial charge in [-0.2, -0.15) is 0 Å². The van der Waals surface area contributed by atoms with E-state index in [4.69, 9.17) is 9.47 Å². The van der Waals surface area contributed by atoms with Crippen LogP contribution in [0.3, 0.4) is 0 Å². The molecule has 0 radical (unpaired) electrons. The van der Waals surface area contributed by atoms with E-state index in [1.54, 1.807) is 25.6 Å². The van der Waals surface area contributed by atoms with E-state index in [2.05, 4.69) is 0 Å². The summed E-state index contributed by atoms with van der Waals surface area (Å²) in [6, 6.07) is 0. The van der Waals surface area contributed by atoms with Crippen molar-refractivity contribution in [3.05, 3.63) is 21.5 Å². The second-order valence-electron chi connectivity index (χ2n) is 3.66. The number of hydrogen-bond donors (Lipinski definition) is 0. The van der Waals surface area contributed by atoms with Gasteiger partial charge in [0.2, 0.25) is 0 Å². The van der Waals surface area contributed by atoms with Crippen LogP contribution in [-0.2, 0) is 19.1 Å². The maximum atomic E-state index is 12.0. The first kappa shape index (κ1) is 13.5. The SMILES string of the molecule is CCOC(=O)C1=C(C(=O)OCC)C2=CSCC2S1. The van der Waals surface area contributed by atoms with E-state index >= 15 is 0 Å². The zero-order chi connectivity index (χ0) is 13.1. The molecule has 6 heteroatoms. The minimum absolute atomic E-state index is 0.175. The van der Waals surface area contributed by atoms with Crippen molar-refractivity contribution < 1.29 is 19.1 Å². The van der Waals surface area contributed by atoms with Crippen molar-refractivity contribution in [2.45, 2.75) is 19.1 Å². The second-order valence-corrected chi connectivity index (χ2v) is 5.77. The van der Waals surface area contributed by atoms with Crippen LogP contribution in [0.4, 0.5) is 0 Å². The van der Waals surface area contributed by atoms with Crippen LogP contribution in [0, 0.1) is 0 Å². The highest BCUT2D eigenvalue weighted by Crippen LogP contribution is 2.48. The summed E-state index contributed by atoms with van der Waals surface area (Å²) < 4.78 is 10.0. The molecule has 0 saturated carbocycles. The van der Waals surface area contributed by atoms with E-state index in [1.165, 1.54) is 11.8 Å². The summed E-state index contributed by atoms with van der Waals surface area (Å²) in [5, 5.41) is 2.12. The van der Waals surface area contributed by atoms with E-state index in [1.807, 2.05) is 5.41 Å². The molecule has 0 aromatic carbocycles. The van der Waals surface area contributed by atoms with E-state index in [0.29, 0.717) is 23.7 Å². The van der Waals surface area contributed by atoms with Crippen LogP contribution < -0.4 is 0 Å². The molecule has 18 heavy (non-hydrogen) atoms. The Morgan fingerprint density at radius 2 is 1.94 bits per heavy atom. The highest BCUT2D eigenvalue weighted by Gasteiger charge is 2.40. The molecule has 2 aliphatic rings. The first-order valence-corrected chi connectivity index (χ1v) is 7.69. The van der Waals surface area contributed by atoms with E-state index in [9.17, 15) is 9.59 Å². The molecule has 0 aliphatic carbocycles. The first-order chi connectivity index (χ1) is 8.69. The quantitative estimate of drug-likeness (QED) is 0.738. The van der Waals surface area contributed by atoms with Crippen LogP contribution >= 0.6 is 23.5 Å². The summed E-state index contributed by atoms with van der Waals surface area (Å²) >= 11 is 3.06. The fourth-order valence-corrected chi connectivity index (χ4v) is 4.38. The molecule has 4 nitrogen and oxygen atoms in total. The molecule has 98 valence electrons. The number of ether oxygens (including phenoxy) is 2. The van der Waals surface area contributed by atoms with Gasteiger partial charge in [-0.05, 0) is 24.8 Å². The molecule has 0 saturated heterocycles. The normalized spacial score (nSPS) is 21.7. The Kier molecular flexibility index (Phi) is 4.40. The minimum Gasteiger partial charge on any atom is -0.462 e. The van der Waals surface area contributed by atoms with Crippen molar-refractivity contribution in [1.82, 2.24) is 0 Å². The predicted octanol–water partition coefficient (Wildman–Crippen LogP) is 2.11. The number of carbonyl (C=O) groups is 2. The zero-order valence-corrected chi connectivity index (χ0v) is 11.9. The Labute approximate surface area is 114 Å². The zero-order valence-electron chi connectivity index (χ0n) is 10.2. The van der Waals surface area contributed by atoms with Gasteiger partial charge in [-0.1, -0.05) is 0 Å². The Morgan fingerprint density at radius 1 is 1.28 bits per heavy atom. The number of esters is 2. The standard InChI is InChI=1S/C12H14O4S2/c1-3-15-11(13)9-7-5-17-6-8(7)18-10(9)12(14)16-4-2/h5,8H,3-4,6H2,1-2H3. The van der Waals surface area contributed by atoms with Gasteiger partial charge in [0.15, 0.2) is 0 Å². The van der Waals surface area contributed by atoms with Gasteiger partial charge < -0.3 is 9.47 Å². The van der Waals surface area contributed by atoms with Crippen molar-refractivity contribution >= 4 is 35.5 Å². The molecule has 2 rings (SSSR count). The molecular formula is C12H14O4S2. The van der Waals surface area contributed by atoms with Gasteiger partial charge in [-0.3, -0.25) is 0 Å². The van der Waals surface area contributed by atoms with Crippen LogP contribution in [-0.4, -0.2) is 36.2 Å². The third kappa shape index (κ3) is 2.44. The lowest BCUT2D eigenvalue weighted by Crippen LogP contribution is -2.14. The summed E-state index contributed by atoms with van der Waals surface area (Å²) in [6.45, 7) is 4.10. The lowest BCUT2D eigenvalue weighted by molar-refractivity contribution is -0.140. The van der Waals surface area contributed by atoms with Crippen molar-refractivity contribution in [3.8, 4) is 0 Å². The molecule has 2 heterocycles. The monoisotopic (exact) mass is 286 g/mol. The number of hydrogen-bond acceptors (Lipinski definition) is 6. The Hall–Kier alpha value is -0.880. The highest BCUT2D eigenvalue weighted by molar-refractivity contribution is 8.08. The van der Waals surface area contributed by atoms with E-state index in [-0.39, 0.29) is 5.25 Å². The molecule has 0 aromatic heterocycles. The fraction of sp³-hybridized carbons (Fsp3) is 0.500. The van der Waals surface area contributed by atoms with Gasteiger partial charge in [0.1, 0.15) is 4.91 Å². The van der Waals surface area contributed by atoms with Crippen molar-refractivity contribution in [2.75, 3.05) is 19.0 Å². The van der Waals surface area contributed by atoms with Crippen LogP contribution in [0.5, 0.6) is 0 Å². The Bertz CT molecular complexity index is 439. The van der Waals surface area contributed by atoms with Gasteiger partial charge in [0, 0.05) is 11.0 Å². The van der Waals surface area contributed by atoms with E-state index < -0.39 is 11.9 Å². The Balaban J connectivity index is 2.32. The van der Waals surface area contributed by atoms with Gasteiger partial charge in [0.05, 0.1) is 18.8 Å². The number of fused-ring (bicyclic) bond motifs is 1. The molecule has 0 aromatic rings. The molecule has 0 N–H and O–H groups in total. The molecule has 0 fully saturated rings. The van der Waals surface area contributed by atoms with Crippen LogP contribution in [0.2, 0.25) is 0 Å². The summed E-state index contributed by atoms with van der Waals surface area (Å²) in [5.41, 5.74) is 1.31. The average Bonchev–Trinajstić information content (AvgIpc) is 2.88. The van der Waals surface area contributed by atoms with E-state index in [0.717, 1.165) is 11.3 Å². The lowest BCUT2D eigenvalue weighted by atomic mass is 10.1. The number of carbonyl (C=O) groups excluding carboxylic acids is 2. The van der Waals surface area contributed by atoms with Crippen molar-refractivity contribution in [2.24, 2.45) is 0 Å². The third-order valence-electron chi connectivity index (χ3n) is 2.52. The minimum atomic E-state index is -0.427. The molecule has 0 bridgehead atoms. The largest absolute Gasteiger partial charge is 0.462 e. The Morgan fingerprint density at radius 3 is 2.61 bits per heavy atom. The second kappa shape index (κ2) is 5.84. The summed E-state index contributed by atoms with van der Waals surface area (Å²) in [4.78, 5) is 24.2. The lowest BCUT2D eigenvalue weighted by Gasteiger charge is -2.06. The van der Waals surface area contributed by atoms with Gasteiger partial charge in [-0.15, -0.1) is 23.5 Å². The highest BCUT2D eigenvalue weighted by atomic mass is 32.2. The maximum Gasteiger partial charge on any atom is 0.345 e. The van der Waals surface area contributed by atoms with Crippen LogP contribution in [0.1, 0.15) is 13.8 Å². The maximum absolute atomic E-state index is 12.0. The van der Waals surface area contributed by atoms with Crippen LogP contribution in [0.25, 0.3) is 0 Å².